The molecule has 0 aromatic heterocycles. The van der Waals surface area contributed by atoms with Crippen molar-refractivity contribution in [1.29, 1.82) is 0 Å². The van der Waals surface area contributed by atoms with Gasteiger partial charge < -0.3 is 28.8 Å². The van der Waals surface area contributed by atoms with E-state index in [-0.39, 0.29) is 19.1 Å². The summed E-state index contributed by atoms with van der Waals surface area (Å²) in [5, 5.41) is 13.7. The summed E-state index contributed by atoms with van der Waals surface area (Å²) in [4.78, 5) is 25.1. The van der Waals surface area contributed by atoms with E-state index in [1.807, 2.05) is 21.1 Å². The molecule has 3 atom stereocenters. The molecule has 61 heavy (non-hydrogen) atoms. The number of aliphatic hydroxyl groups is 1. The van der Waals surface area contributed by atoms with Gasteiger partial charge in [-0.2, -0.15) is 0 Å². The maximum absolute atomic E-state index is 12.8. The average molecular weight is 881 g/mol. The van der Waals surface area contributed by atoms with Gasteiger partial charge in [0, 0.05) is 6.42 Å². The molecule has 9 heteroatoms. The molecule has 0 aromatic carbocycles. The highest BCUT2D eigenvalue weighted by molar-refractivity contribution is 7.45. The summed E-state index contributed by atoms with van der Waals surface area (Å²) in [5.74, 6) is -0.172. The predicted octanol–water partition coefficient (Wildman–Crippen LogP) is 14.4. The lowest BCUT2D eigenvalue weighted by atomic mass is 10.0. The van der Waals surface area contributed by atoms with E-state index in [1.165, 1.54) is 154 Å². The summed E-state index contributed by atoms with van der Waals surface area (Å²) in [5.41, 5.74) is 0. The second kappa shape index (κ2) is 43.9. The van der Waals surface area contributed by atoms with Crippen LogP contribution in [-0.4, -0.2) is 68.5 Å². The molecule has 0 aliphatic carbocycles. The number of nitrogens with one attached hydrogen (secondary N) is 1. The van der Waals surface area contributed by atoms with Crippen LogP contribution in [0.3, 0.4) is 0 Å². The van der Waals surface area contributed by atoms with Crippen LogP contribution < -0.4 is 10.2 Å². The third kappa shape index (κ3) is 46.5. The van der Waals surface area contributed by atoms with Crippen molar-refractivity contribution in [2.24, 2.45) is 0 Å². The highest BCUT2D eigenvalue weighted by atomic mass is 31.2. The Hall–Kier alpha value is -1.28. The molecule has 0 saturated heterocycles. The first kappa shape index (κ1) is 59.7. The van der Waals surface area contributed by atoms with Crippen LogP contribution in [0, 0.1) is 0 Å². The van der Waals surface area contributed by atoms with Gasteiger partial charge in [0.1, 0.15) is 13.2 Å². The molecule has 3 unspecified atom stereocenters. The van der Waals surface area contributed by atoms with E-state index in [9.17, 15) is 19.4 Å². The van der Waals surface area contributed by atoms with Crippen molar-refractivity contribution in [3.63, 3.8) is 0 Å². The summed E-state index contributed by atoms with van der Waals surface area (Å²) in [6.07, 6.45) is 55.4. The predicted molar refractivity (Wildman–Crippen MR) is 261 cm³/mol. The lowest BCUT2D eigenvalue weighted by Gasteiger charge is -2.30. The van der Waals surface area contributed by atoms with E-state index in [0.29, 0.717) is 23.9 Å². The molecule has 0 radical (unpaired) electrons. The normalized spacial score (nSPS) is 14.4. The Morgan fingerprint density at radius 1 is 0.574 bits per heavy atom. The van der Waals surface area contributed by atoms with Crippen molar-refractivity contribution in [3.05, 3.63) is 36.5 Å². The number of carbonyl (C=O) groups excluding carboxylic acids is 1. The molecule has 0 aliphatic heterocycles. The number of hydrogen-bond acceptors (Lipinski definition) is 6. The first-order chi connectivity index (χ1) is 29.5. The number of carbonyl (C=O) groups is 1. The van der Waals surface area contributed by atoms with Crippen molar-refractivity contribution < 1.29 is 32.9 Å². The highest BCUT2D eigenvalue weighted by Crippen LogP contribution is 2.38. The van der Waals surface area contributed by atoms with E-state index in [2.05, 4.69) is 55.6 Å². The van der Waals surface area contributed by atoms with E-state index in [1.54, 1.807) is 0 Å². The molecule has 0 rings (SSSR count). The number of quaternary nitrogens is 1. The second-order valence-corrected chi connectivity index (χ2v) is 20.3. The molecule has 1 amide bonds. The van der Waals surface area contributed by atoms with Crippen LogP contribution in [0.25, 0.3) is 0 Å². The van der Waals surface area contributed by atoms with Gasteiger partial charge in [0.25, 0.3) is 7.82 Å². The molecule has 0 heterocycles. The number of rotatable bonds is 47. The maximum atomic E-state index is 12.8. The van der Waals surface area contributed by atoms with Crippen molar-refractivity contribution in [2.45, 2.75) is 251 Å². The van der Waals surface area contributed by atoms with Gasteiger partial charge in [-0.05, 0) is 51.4 Å². The van der Waals surface area contributed by atoms with E-state index in [4.69, 9.17) is 9.05 Å². The fourth-order valence-corrected chi connectivity index (χ4v) is 8.24. The van der Waals surface area contributed by atoms with Gasteiger partial charge in [-0.3, -0.25) is 9.36 Å². The number of phosphoric acid groups is 1. The molecule has 0 saturated carbocycles. The van der Waals surface area contributed by atoms with Crippen LogP contribution in [0.15, 0.2) is 36.5 Å². The van der Waals surface area contributed by atoms with Crippen LogP contribution in [-0.2, 0) is 18.4 Å². The topological polar surface area (TPSA) is 108 Å². The van der Waals surface area contributed by atoms with Gasteiger partial charge in [0.05, 0.1) is 39.9 Å². The van der Waals surface area contributed by atoms with Gasteiger partial charge in [0.15, 0.2) is 0 Å². The largest absolute Gasteiger partial charge is 0.756 e. The van der Waals surface area contributed by atoms with E-state index in [0.717, 1.165) is 57.8 Å². The van der Waals surface area contributed by atoms with Crippen molar-refractivity contribution >= 4 is 13.7 Å². The number of nitrogens with zero attached hydrogens (tertiary/aromatic N) is 1. The van der Waals surface area contributed by atoms with Crippen LogP contribution in [0.2, 0.25) is 0 Å². The zero-order valence-electron chi connectivity index (χ0n) is 40.9. The summed E-state index contributed by atoms with van der Waals surface area (Å²) < 4.78 is 23.0. The maximum Gasteiger partial charge on any atom is 0.268 e. The summed E-state index contributed by atoms with van der Waals surface area (Å²) in [6, 6.07) is -0.794. The molecule has 0 aromatic rings. The average Bonchev–Trinajstić information content (AvgIpc) is 3.21. The van der Waals surface area contributed by atoms with Crippen molar-refractivity contribution in [2.75, 3.05) is 40.9 Å². The van der Waals surface area contributed by atoms with Crippen LogP contribution >= 0.6 is 7.82 Å². The smallest absolute Gasteiger partial charge is 0.268 e. The Morgan fingerprint density at radius 3 is 1.38 bits per heavy atom. The van der Waals surface area contributed by atoms with Gasteiger partial charge in [-0.25, -0.2) is 0 Å². The van der Waals surface area contributed by atoms with Gasteiger partial charge in [-0.1, -0.05) is 217 Å². The van der Waals surface area contributed by atoms with Crippen LogP contribution in [0.5, 0.6) is 0 Å². The van der Waals surface area contributed by atoms with E-state index >= 15 is 0 Å². The lowest BCUT2D eigenvalue weighted by molar-refractivity contribution is -0.870. The Balaban J connectivity index is 3.72. The number of phosphoric ester groups is 1. The first-order valence-corrected chi connectivity index (χ1v) is 27.3. The zero-order chi connectivity index (χ0) is 45.0. The summed E-state index contributed by atoms with van der Waals surface area (Å²) >= 11 is 0. The number of allylic oxidation sites excluding steroid dienone is 6. The van der Waals surface area contributed by atoms with Crippen LogP contribution in [0.4, 0.5) is 0 Å². The molecule has 0 fully saturated rings. The van der Waals surface area contributed by atoms with Crippen LogP contribution in [0.1, 0.15) is 239 Å². The standard InChI is InChI=1S/C52H101N2O6P/c1-6-8-10-12-13-14-15-16-17-18-19-20-21-22-23-24-25-26-27-28-29-30-31-32-33-34-35-36-37-38-39-40-41-42-44-46-52(56)53-50(51(55)45-43-11-9-7-2)49-60-61(57,58)59-48-47-54(3,4)5/h15-16,18-19,21-22,50-51,55H,6-14,17,20,23-49H2,1-5H3,(H-,53,56,57,58)/b16-15-,19-18-,22-21-. The molecule has 0 aliphatic rings. The lowest BCUT2D eigenvalue weighted by Crippen LogP contribution is -2.46. The number of unbranched alkanes of at least 4 members (excludes halogenated alkanes) is 28. The third-order valence-corrected chi connectivity index (χ3v) is 12.6. The third-order valence-electron chi connectivity index (χ3n) is 11.6. The van der Waals surface area contributed by atoms with E-state index < -0.39 is 20.0 Å². The number of hydrogen-bond donors (Lipinski definition) is 2. The molecular formula is C52H101N2O6P. The minimum atomic E-state index is -4.54. The number of likely N-dealkylation sites (N-methyl/N-ethyl adjacent to an activating group) is 1. The Morgan fingerprint density at radius 2 is 0.951 bits per heavy atom. The summed E-state index contributed by atoms with van der Waals surface area (Å²) in [7, 11) is 1.30. The highest BCUT2D eigenvalue weighted by Gasteiger charge is 2.24. The molecule has 2 N–H and O–H groups in total. The van der Waals surface area contributed by atoms with Gasteiger partial charge >= 0.3 is 0 Å². The van der Waals surface area contributed by atoms with Crippen molar-refractivity contribution in [3.8, 4) is 0 Å². The Bertz CT molecular complexity index is 1090. The SMILES string of the molecule is CCCCCCC/C=C\C/C=C\C/C=C\CCCCCCCCCCCCCCCCCCCCCCC(=O)NC(COP(=O)([O-])OCC[N+](C)(C)C)C(O)CCCCCC. The zero-order valence-corrected chi connectivity index (χ0v) is 41.8. The quantitative estimate of drug-likeness (QED) is 0.0273. The molecule has 0 spiro atoms. The second-order valence-electron chi connectivity index (χ2n) is 18.9. The molecule has 0 bridgehead atoms. The minimum absolute atomic E-state index is 0.0119. The Labute approximate surface area is 378 Å². The first-order valence-electron chi connectivity index (χ1n) is 25.8. The number of amides is 1. The van der Waals surface area contributed by atoms with Gasteiger partial charge in [-0.15, -0.1) is 0 Å². The Kier molecular flexibility index (Phi) is 43.0. The molecular weight excluding hydrogens is 780 g/mol. The monoisotopic (exact) mass is 881 g/mol. The fraction of sp³-hybridized carbons (Fsp3) is 0.865. The van der Waals surface area contributed by atoms with Crippen molar-refractivity contribution in [1.82, 2.24) is 5.32 Å². The molecule has 360 valence electrons. The fourth-order valence-electron chi connectivity index (χ4n) is 7.52. The van der Waals surface area contributed by atoms with Gasteiger partial charge in [0.2, 0.25) is 5.91 Å². The summed E-state index contributed by atoms with van der Waals surface area (Å²) in [6.45, 7) is 4.59. The molecule has 8 nitrogen and oxygen atoms in total. The number of aliphatic hydroxyl groups excluding tert-OH is 1. The minimum Gasteiger partial charge on any atom is -0.756 e.